The van der Waals surface area contributed by atoms with Gasteiger partial charge in [0.2, 0.25) is 0 Å². The predicted molar refractivity (Wildman–Crippen MR) is 57.5 cm³/mol. The van der Waals surface area contributed by atoms with Crippen LogP contribution in [0, 0.1) is 0 Å². The molecule has 0 fully saturated rings. The number of rotatable bonds is 4. The molecule has 0 saturated carbocycles. The molecular formula is C10H19F3N2O2. The summed E-state index contributed by atoms with van der Waals surface area (Å²) in [7, 11) is 0. The van der Waals surface area contributed by atoms with E-state index in [1.165, 1.54) is 0 Å². The third-order valence-electron chi connectivity index (χ3n) is 1.65. The monoisotopic (exact) mass is 256 g/mol. The van der Waals surface area contributed by atoms with Gasteiger partial charge in [0, 0.05) is 6.54 Å². The van der Waals surface area contributed by atoms with Crippen LogP contribution in [0.25, 0.3) is 0 Å². The summed E-state index contributed by atoms with van der Waals surface area (Å²) < 4.78 is 41.6. The van der Waals surface area contributed by atoms with Crippen molar-refractivity contribution in [3.63, 3.8) is 0 Å². The molecule has 1 amide bonds. The molecule has 0 aliphatic heterocycles. The van der Waals surface area contributed by atoms with E-state index < -0.39 is 24.4 Å². The van der Waals surface area contributed by atoms with Gasteiger partial charge in [-0.2, -0.15) is 13.2 Å². The van der Waals surface area contributed by atoms with Gasteiger partial charge in [-0.3, -0.25) is 4.90 Å². The number of hydrogen-bond donors (Lipinski definition) is 1. The smallest absolute Gasteiger partial charge is 0.410 e. The van der Waals surface area contributed by atoms with Gasteiger partial charge in [0.1, 0.15) is 12.1 Å². The number of alkyl halides is 3. The predicted octanol–water partition coefficient (Wildman–Crippen LogP) is 2.13. The number of hydrogen-bond acceptors (Lipinski definition) is 3. The van der Waals surface area contributed by atoms with Crippen molar-refractivity contribution in [2.24, 2.45) is 5.73 Å². The van der Waals surface area contributed by atoms with Gasteiger partial charge < -0.3 is 10.5 Å². The third kappa shape index (κ3) is 8.79. The fourth-order valence-corrected chi connectivity index (χ4v) is 1.06. The van der Waals surface area contributed by atoms with Gasteiger partial charge in [-0.05, 0) is 33.7 Å². The van der Waals surface area contributed by atoms with Crippen LogP contribution in [0.5, 0.6) is 0 Å². The van der Waals surface area contributed by atoms with Crippen LogP contribution in [0.1, 0.15) is 27.2 Å². The van der Waals surface area contributed by atoms with Crippen molar-refractivity contribution in [3.8, 4) is 0 Å². The van der Waals surface area contributed by atoms with Crippen LogP contribution in [-0.2, 0) is 4.74 Å². The number of carbonyl (C=O) groups is 1. The maximum absolute atomic E-state index is 12.2. The first kappa shape index (κ1) is 16.0. The summed E-state index contributed by atoms with van der Waals surface area (Å²) in [4.78, 5) is 12.1. The highest BCUT2D eigenvalue weighted by Crippen LogP contribution is 2.18. The van der Waals surface area contributed by atoms with Crippen LogP contribution in [0.2, 0.25) is 0 Å². The van der Waals surface area contributed by atoms with Gasteiger partial charge in [-0.1, -0.05) is 0 Å². The van der Waals surface area contributed by atoms with Gasteiger partial charge >= 0.3 is 12.3 Å². The number of carbonyl (C=O) groups excluding carboxylic acids is 1. The molecule has 0 aromatic rings. The molecule has 0 aromatic heterocycles. The Morgan fingerprint density at radius 2 is 1.82 bits per heavy atom. The van der Waals surface area contributed by atoms with Crippen LogP contribution in [0.15, 0.2) is 0 Å². The Morgan fingerprint density at radius 1 is 1.29 bits per heavy atom. The van der Waals surface area contributed by atoms with Crippen molar-refractivity contribution < 1.29 is 22.7 Å². The molecule has 0 heterocycles. The minimum Gasteiger partial charge on any atom is -0.444 e. The third-order valence-corrected chi connectivity index (χ3v) is 1.65. The van der Waals surface area contributed by atoms with E-state index in [1.54, 1.807) is 20.8 Å². The van der Waals surface area contributed by atoms with E-state index in [1.807, 2.05) is 0 Å². The summed E-state index contributed by atoms with van der Waals surface area (Å²) in [5.74, 6) is 0. The first-order chi connectivity index (χ1) is 7.55. The number of halogens is 3. The molecule has 0 aromatic carbocycles. The standard InChI is InChI=1S/C10H19F3N2O2/c1-9(2,3)17-8(16)15(6-4-5-14)7-10(11,12)13/h4-7,14H2,1-3H3. The first-order valence-corrected chi connectivity index (χ1v) is 5.30. The molecule has 0 bridgehead atoms. The lowest BCUT2D eigenvalue weighted by Gasteiger charge is -2.27. The molecule has 4 nitrogen and oxygen atoms in total. The summed E-state index contributed by atoms with van der Waals surface area (Å²) in [6.45, 7) is 3.63. The largest absolute Gasteiger partial charge is 0.444 e. The maximum Gasteiger partial charge on any atom is 0.410 e. The molecule has 2 N–H and O–H groups in total. The zero-order valence-electron chi connectivity index (χ0n) is 10.3. The molecule has 17 heavy (non-hydrogen) atoms. The second kappa shape index (κ2) is 6.09. The Labute approximate surface area is 98.9 Å². The summed E-state index contributed by atoms with van der Waals surface area (Å²) in [5, 5.41) is 0. The second-order valence-corrected chi connectivity index (χ2v) is 4.66. The van der Waals surface area contributed by atoms with E-state index in [0.717, 1.165) is 0 Å². The Kier molecular flexibility index (Phi) is 5.74. The SMILES string of the molecule is CC(C)(C)OC(=O)N(CCCN)CC(F)(F)F. The number of nitrogens with zero attached hydrogens (tertiary/aromatic N) is 1. The van der Waals surface area contributed by atoms with E-state index in [4.69, 9.17) is 10.5 Å². The quantitative estimate of drug-likeness (QED) is 0.838. The Hall–Kier alpha value is -0.980. The van der Waals surface area contributed by atoms with Gasteiger partial charge in [0.25, 0.3) is 0 Å². The molecule has 102 valence electrons. The van der Waals surface area contributed by atoms with E-state index in [9.17, 15) is 18.0 Å². The molecule has 0 unspecified atom stereocenters. The van der Waals surface area contributed by atoms with Crippen molar-refractivity contribution in [1.82, 2.24) is 4.90 Å². The highest BCUT2D eigenvalue weighted by Gasteiger charge is 2.34. The van der Waals surface area contributed by atoms with Crippen molar-refractivity contribution in [2.45, 2.75) is 39.0 Å². The minimum absolute atomic E-state index is 0.0646. The molecule has 0 aliphatic rings. The lowest BCUT2D eigenvalue weighted by molar-refractivity contribution is -0.144. The average molecular weight is 256 g/mol. The van der Waals surface area contributed by atoms with Crippen LogP contribution in [0.4, 0.5) is 18.0 Å². The van der Waals surface area contributed by atoms with E-state index in [2.05, 4.69) is 0 Å². The van der Waals surface area contributed by atoms with Gasteiger partial charge in [-0.25, -0.2) is 4.79 Å². The number of amides is 1. The van der Waals surface area contributed by atoms with E-state index in [0.29, 0.717) is 11.3 Å². The molecule has 0 radical (unpaired) electrons. The van der Waals surface area contributed by atoms with Crippen molar-refractivity contribution in [3.05, 3.63) is 0 Å². The Balaban J connectivity index is 4.51. The number of ether oxygens (including phenoxy) is 1. The zero-order chi connectivity index (χ0) is 13.7. The zero-order valence-corrected chi connectivity index (χ0v) is 10.3. The molecule has 0 spiro atoms. The lowest BCUT2D eigenvalue weighted by Crippen LogP contribution is -2.43. The Morgan fingerprint density at radius 3 is 2.18 bits per heavy atom. The highest BCUT2D eigenvalue weighted by molar-refractivity contribution is 5.68. The molecular weight excluding hydrogens is 237 g/mol. The van der Waals surface area contributed by atoms with Crippen molar-refractivity contribution in [1.29, 1.82) is 0 Å². The average Bonchev–Trinajstić information content (AvgIpc) is 2.07. The highest BCUT2D eigenvalue weighted by atomic mass is 19.4. The molecule has 0 saturated heterocycles. The normalized spacial score (nSPS) is 12.4. The maximum atomic E-state index is 12.2. The number of nitrogens with two attached hydrogens (primary N) is 1. The van der Waals surface area contributed by atoms with Crippen molar-refractivity contribution >= 4 is 6.09 Å². The van der Waals surface area contributed by atoms with E-state index >= 15 is 0 Å². The summed E-state index contributed by atoms with van der Waals surface area (Å²) >= 11 is 0. The van der Waals surface area contributed by atoms with Crippen LogP contribution in [0.3, 0.4) is 0 Å². The molecule has 7 heteroatoms. The Bertz CT molecular complexity index is 249. The van der Waals surface area contributed by atoms with E-state index in [-0.39, 0.29) is 13.1 Å². The second-order valence-electron chi connectivity index (χ2n) is 4.66. The summed E-state index contributed by atoms with van der Waals surface area (Å²) in [6.07, 6.45) is -5.11. The fraction of sp³-hybridized carbons (Fsp3) is 0.900. The molecule has 0 atom stereocenters. The van der Waals surface area contributed by atoms with Crippen LogP contribution < -0.4 is 5.73 Å². The van der Waals surface area contributed by atoms with Gasteiger partial charge in [-0.15, -0.1) is 0 Å². The van der Waals surface area contributed by atoms with Gasteiger partial charge in [0.15, 0.2) is 0 Å². The minimum atomic E-state index is -4.44. The fourth-order valence-electron chi connectivity index (χ4n) is 1.06. The van der Waals surface area contributed by atoms with Crippen molar-refractivity contribution in [2.75, 3.05) is 19.6 Å². The summed E-state index contributed by atoms with van der Waals surface area (Å²) in [6, 6.07) is 0. The molecule has 0 rings (SSSR count). The topological polar surface area (TPSA) is 55.6 Å². The lowest BCUT2D eigenvalue weighted by atomic mass is 10.2. The van der Waals surface area contributed by atoms with Gasteiger partial charge in [0.05, 0.1) is 0 Å². The molecule has 0 aliphatic carbocycles. The van der Waals surface area contributed by atoms with Crippen LogP contribution >= 0.6 is 0 Å². The first-order valence-electron chi connectivity index (χ1n) is 5.30. The summed E-state index contributed by atoms with van der Waals surface area (Å²) in [5.41, 5.74) is 4.39. The van der Waals surface area contributed by atoms with Crippen LogP contribution in [-0.4, -0.2) is 42.4 Å².